The quantitative estimate of drug-likeness (QED) is 0.474. The molecule has 4 rings (SSSR count). The number of thiazole rings is 1. The van der Waals surface area contributed by atoms with Crippen LogP contribution < -0.4 is 14.8 Å². The first kappa shape index (κ1) is 19.3. The lowest BCUT2D eigenvalue weighted by Crippen LogP contribution is -2.15. The van der Waals surface area contributed by atoms with Gasteiger partial charge in [-0.1, -0.05) is 23.7 Å². The topological polar surface area (TPSA) is 64.9 Å². The predicted octanol–water partition coefficient (Wildman–Crippen LogP) is 4.91. The zero-order chi connectivity index (χ0) is 20.4. The van der Waals surface area contributed by atoms with E-state index in [1.165, 1.54) is 11.3 Å². The molecule has 0 atom stereocenters. The minimum Gasteiger partial charge on any atom is -0.497 e. The zero-order valence-electron chi connectivity index (χ0n) is 15.8. The van der Waals surface area contributed by atoms with E-state index in [1.54, 1.807) is 26.4 Å². The average molecular weight is 428 g/mol. The van der Waals surface area contributed by atoms with Gasteiger partial charge in [-0.3, -0.25) is 9.20 Å². The maximum absolute atomic E-state index is 12.5. The first-order valence-electron chi connectivity index (χ1n) is 8.81. The Morgan fingerprint density at radius 3 is 2.79 bits per heavy atom. The number of ether oxygens (including phenoxy) is 2. The van der Waals surface area contributed by atoms with Gasteiger partial charge in [0.25, 0.3) is 0 Å². The summed E-state index contributed by atoms with van der Waals surface area (Å²) in [6, 6.07) is 12.7. The Morgan fingerprint density at radius 1 is 1.21 bits per heavy atom. The number of imidazole rings is 1. The van der Waals surface area contributed by atoms with E-state index in [1.807, 2.05) is 46.3 Å². The second kappa shape index (κ2) is 8.14. The second-order valence-electron chi connectivity index (χ2n) is 6.28. The third kappa shape index (κ3) is 3.92. The second-order valence-corrected chi connectivity index (χ2v) is 7.52. The van der Waals surface area contributed by atoms with Gasteiger partial charge in [0.15, 0.2) is 4.96 Å². The fourth-order valence-corrected chi connectivity index (χ4v) is 4.08. The summed E-state index contributed by atoms with van der Waals surface area (Å²) in [5.74, 6) is 1.28. The Balaban J connectivity index is 1.61. The SMILES string of the molecule is COc1ccc(OC)c(-c2cn3c(CC(=O)Nc4ccccc4Cl)csc3n2)c1. The van der Waals surface area contributed by atoms with Crippen LogP contribution in [0, 0.1) is 0 Å². The number of para-hydroxylation sites is 1. The molecule has 0 fully saturated rings. The number of fused-ring (bicyclic) bond motifs is 1. The summed E-state index contributed by atoms with van der Waals surface area (Å²) in [5.41, 5.74) is 3.02. The third-order valence-electron chi connectivity index (χ3n) is 4.46. The van der Waals surface area contributed by atoms with Crippen molar-refractivity contribution in [2.75, 3.05) is 19.5 Å². The molecule has 0 aliphatic heterocycles. The molecule has 0 saturated carbocycles. The lowest BCUT2D eigenvalue weighted by Gasteiger charge is -2.08. The molecule has 2 heterocycles. The number of carbonyl (C=O) groups is 1. The normalized spacial score (nSPS) is 10.9. The smallest absolute Gasteiger partial charge is 0.230 e. The van der Waals surface area contributed by atoms with Crippen molar-refractivity contribution in [3.63, 3.8) is 0 Å². The van der Waals surface area contributed by atoms with E-state index >= 15 is 0 Å². The number of hydrogen-bond donors (Lipinski definition) is 1. The van der Waals surface area contributed by atoms with Gasteiger partial charge in [0, 0.05) is 22.8 Å². The standard InChI is InChI=1S/C21H18ClN3O3S/c1-27-14-7-8-19(28-2)15(10-14)18-11-25-13(12-29-21(25)24-18)9-20(26)23-17-6-4-3-5-16(17)22/h3-8,10-12H,9H2,1-2H3,(H,23,26). The van der Waals surface area contributed by atoms with Crippen molar-refractivity contribution >= 4 is 39.5 Å². The summed E-state index contributed by atoms with van der Waals surface area (Å²) in [6.07, 6.45) is 2.11. The molecule has 0 spiro atoms. The minimum absolute atomic E-state index is 0.146. The Kier molecular flexibility index (Phi) is 5.42. The van der Waals surface area contributed by atoms with Crippen molar-refractivity contribution < 1.29 is 14.3 Å². The Labute approximate surface area is 176 Å². The van der Waals surface area contributed by atoms with Crippen LogP contribution in [0.1, 0.15) is 5.69 Å². The maximum Gasteiger partial charge on any atom is 0.230 e. The number of nitrogens with one attached hydrogen (secondary N) is 1. The first-order chi connectivity index (χ1) is 14.1. The average Bonchev–Trinajstić information content (AvgIpc) is 3.31. The number of amides is 1. The summed E-state index contributed by atoms with van der Waals surface area (Å²) < 4.78 is 12.7. The molecule has 0 saturated heterocycles. The van der Waals surface area contributed by atoms with Crippen molar-refractivity contribution in [3.05, 3.63) is 64.8 Å². The van der Waals surface area contributed by atoms with Crippen LogP contribution >= 0.6 is 22.9 Å². The highest BCUT2D eigenvalue weighted by Gasteiger charge is 2.16. The summed E-state index contributed by atoms with van der Waals surface area (Å²) in [5, 5.41) is 5.29. The van der Waals surface area contributed by atoms with Gasteiger partial charge in [0.05, 0.1) is 37.0 Å². The molecule has 4 aromatic rings. The largest absolute Gasteiger partial charge is 0.497 e. The number of hydrogen-bond acceptors (Lipinski definition) is 5. The molecule has 2 aromatic carbocycles. The van der Waals surface area contributed by atoms with E-state index in [2.05, 4.69) is 10.3 Å². The Hall–Kier alpha value is -3.03. The molecule has 8 heteroatoms. The number of rotatable bonds is 6. The zero-order valence-corrected chi connectivity index (χ0v) is 17.4. The molecule has 0 radical (unpaired) electrons. The highest BCUT2D eigenvalue weighted by Crippen LogP contribution is 2.34. The van der Waals surface area contributed by atoms with Crippen LogP contribution in [0.5, 0.6) is 11.5 Å². The van der Waals surface area contributed by atoms with Crippen LogP contribution in [-0.2, 0) is 11.2 Å². The molecular weight excluding hydrogens is 410 g/mol. The van der Waals surface area contributed by atoms with Crippen molar-refractivity contribution in [1.29, 1.82) is 0 Å². The molecule has 148 valence electrons. The van der Waals surface area contributed by atoms with E-state index in [-0.39, 0.29) is 12.3 Å². The lowest BCUT2D eigenvalue weighted by atomic mass is 10.1. The molecule has 0 unspecified atom stereocenters. The van der Waals surface area contributed by atoms with E-state index in [4.69, 9.17) is 21.1 Å². The fourth-order valence-electron chi connectivity index (χ4n) is 3.02. The number of methoxy groups -OCH3 is 2. The van der Waals surface area contributed by atoms with E-state index in [9.17, 15) is 4.79 Å². The van der Waals surface area contributed by atoms with E-state index < -0.39 is 0 Å². The van der Waals surface area contributed by atoms with Gasteiger partial charge in [-0.05, 0) is 30.3 Å². The molecule has 1 amide bonds. The molecule has 0 aliphatic carbocycles. The van der Waals surface area contributed by atoms with Gasteiger partial charge in [-0.25, -0.2) is 4.98 Å². The maximum atomic E-state index is 12.5. The predicted molar refractivity (Wildman–Crippen MR) is 115 cm³/mol. The van der Waals surface area contributed by atoms with Crippen LogP contribution in [0.4, 0.5) is 5.69 Å². The fraction of sp³-hybridized carbons (Fsp3) is 0.143. The van der Waals surface area contributed by atoms with Crippen LogP contribution in [0.2, 0.25) is 5.02 Å². The first-order valence-corrected chi connectivity index (χ1v) is 10.1. The Morgan fingerprint density at radius 2 is 2.03 bits per heavy atom. The summed E-state index contributed by atoms with van der Waals surface area (Å²) in [7, 11) is 3.24. The monoisotopic (exact) mass is 427 g/mol. The van der Waals surface area contributed by atoms with Crippen LogP contribution in [-0.4, -0.2) is 29.5 Å². The van der Waals surface area contributed by atoms with Crippen LogP contribution in [0.3, 0.4) is 0 Å². The van der Waals surface area contributed by atoms with E-state index in [0.29, 0.717) is 16.5 Å². The molecule has 0 aliphatic rings. The van der Waals surface area contributed by atoms with Gasteiger partial charge < -0.3 is 14.8 Å². The van der Waals surface area contributed by atoms with Gasteiger partial charge in [-0.15, -0.1) is 11.3 Å². The molecule has 29 heavy (non-hydrogen) atoms. The number of benzene rings is 2. The van der Waals surface area contributed by atoms with E-state index in [0.717, 1.165) is 27.7 Å². The number of carbonyl (C=O) groups excluding carboxylic acids is 1. The molecule has 2 aromatic heterocycles. The van der Waals surface area contributed by atoms with Gasteiger partial charge in [0.2, 0.25) is 5.91 Å². The third-order valence-corrected chi connectivity index (χ3v) is 5.67. The molecule has 6 nitrogen and oxygen atoms in total. The van der Waals surface area contributed by atoms with Crippen molar-refractivity contribution in [1.82, 2.24) is 9.38 Å². The highest BCUT2D eigenvalue weighted by molar-refractivity contribution is 7.15. The van der Waals surface area contributed by atoms with Gasteiger partial charge in [0.1, 0.15) is 11.5 Å². The summed E-state index contributed by atoms with van der Waals surface area (Å²) >= 11 is 7.60. The number of halogens is 1. The molecular formula is C21H18ClN3O3S. The number of anilines is 1. The lowest BCUT2D eigenvalue weighted by molar-refractivity contribution is -0.115. The molecule has 1 N–H and O–H groups in total. The summed E-state index contributed by atoms with van der Waals surface area (Å²) in [4.78, 5) is 18.0. The van der Waals surface area contributed by atoms with Crippen LogP contribution in [0.15, 0.2) is 54.0 Å². The number of aromatic nitrogens is 2. The van der Waals surface area contributed by atoms with Gasteiger partial charge >= 0.3 is 0 Å². The van der Waals surface area contributed by atoms with Crippen molar-refractivity contribution in [3.8, 4) is 22.8 Å². The van der Waals surface area contributed by atoms with Crippen LogP contribution in [0.25, 0.3) is 16.2 Å². The van der Waals surface area contributed by atoms with Gasteiger partial charge in [-0.2, -0.15) is 0 Å². The minimum atomic E-state index is -0.146. The molecule has 0 bridgehead atoms. The van der Waals surface area contributed by atoms with Crippen molar-refractivity contribution in [2.45, 2.75) is 6.42 Å². The highest BCUT2D eigenvalue weighted by atomic mass is 35.5. The van der Waals surface area contributed by atoms with Crippen molar-refractivity contribution in [2.24, 2.45) is 0 Å². The number of nitrogens with zero attached hydrogens (tertiary/aromatic N) is 2. The summed E-state index contributed by atoms with van der Waals surface area (Å²) in [6.45, 7) is 0. The Bertz CT molecular complexity index is 1190.